The van der Waals surface area contributed by atoms with E-state index in [1.807, 2.05) is 20.8 Å². The predicted octanol–water partition coefficient (Wildman–Crippen LogP) is 5.66. The summed E-state index contributed by atoms with van der Waals surface area (Å²) in [4.78, 5) is 85.4. The highest BCUT2D eigenvalue weighted by molar-refractivity contribution is 6.01. The van der Waals surface area contributed by atoms with Crippen LogP contribution < -0.4 is 20.7 Å². The standard InChI is InChI=1S/C27H38N2O9.C15H13NO4/c1-6-7-8-10-19-24(38-21(31)13-15(2)3)17(5)37-27(35)22(16(4)36-26(19)34)29-25(33)18-11-9-12-20(23(18)32)28-14-30;1-10(17)16-11-6-8-12(9-7-11)20-15(19)13-4-2-3-5-14(13)18/h9,11-12,14-17,19,22,24,32H,6-8,10,13H2,1-5H3,(H,28,30)(H,29,33);2-9,18H,1H3,(H,16,17). The van der Waals surface area contributed by atoms with Gasteiger partial charge in [0.05, 0.1) is 17.2 Å². The van der Waals surface area contributed by atoms with Crippen molar-refractivity contribution in [1.82, 2.24) is 5.32 Å². The fraction of sp³-hybridized carbons (Fsp3) is 0.405. The second kappa shape index (κ2) is 22.3. The molecule has 3 amide bonds. The fourth-order valence-electron chi connectivity index (χ4n) is 5.84. The van der Waals surface area contributed by atoms with E-state index in [1.54, 1.807) is 36.4 Å². The van der Waals surface area contributed by atoms with Crippen molar-refractivity contribution in [3.63, 3.8) is 0 Å². The number of anilines is 2. The Hall–Kier alpha value is -6.45. The second-order valence-electron chi connectivity index (χ2n) is 14.0. The van der Waals surface area contributed by atoms with E-state index in [1.165, 1.54) is 51.1 Å². The van der Waals surface area contributed by atoms with Crippen LogP contribution in [0, 0.1) is 11.8 Å². The Morgan fingerprint density at radius 3 is 2.14 bits per heavy atom. The maximum atomic E-state index is 13.3. The Morgan fingerprint density at radius 2 is 1.52 bits per heavy atom. The van der Waals surface area contributed by atoms with Crippen LogP contribution in [0.15, 0.2) is 66.7 Å². The molecule has 3 aromatic carbocycles. The van der Waals surface area contributed by atoms with Crippen molar-refractivity contribution < 1.29 is 62.7 Å². The molecule has 0 spiro atoms. The zero-order valence-electron chi connectivity index (χ0n) is 33.3. The molecule has 1 fully saturated rings. The van der Waals surface area contributed by atoms with Gasteiger partial charge in [-0.2, -0.15) is 0 Å². The summed E-state index contributed by atoms with van der Waals surface area (Å²) in [5.41, 5.74) is 0.492. The van der Waals surface area contributed by atoms with E-state index in [0.29, 0.717) is 30.7 Å². The molecule has 0 aromatic heterocycles. The van der Waals surface area contributed by atoms with Gasteiger partial charge in [-0.05, 0) is 74.7 Å². The molecule has 312 valence electrons. The van der Waals surface area contributed by atoms with E-state index < -0.39 is 65.8 Å². The number of cyclic esters (lactones) is 2. The van der Waals surface area contributed by atoms with Crippen molar-refractivity contribution >= 4 is 53.5 Å². The molecule has 1 heterocycles. The minimum Gasteiger partial charge on any atom is -0.507 e. The molecule has 5 atom stereocenters. The first-order valence-corrected chi connectivity index (χ1v) is 18.9. The van der Waals surface area contributed by atoms with Crippen molar-refractivity contribution in [1.29, 1.82) is 0 Å². The number of carbonyl (C=O) groups excluding carboxylic acids is 7. The summed E-state index contributed by atoms with van der Waals surface area (Å²) in [7, 11) is 0. The van der Waals surface area contributed by atoms with Crippen LogP contribution in [0.3, 0.4) is 0 Å². The number of hydrogen-bond acceptors (Lipinski definition) is 13. The Bertz CT molecular complexity index is 1910. The molecule has 4 rings (SSSR count). The molecule has 5 N–H and O–H groups in total. The number of esters is 4. The van der Waals surface area contributed by atoms with Crippen LogP contribution in [0.1, 0.15) is 94.4 Å². The summed E-state index contributed by atoms with van der Waals surface area (Å²) >= 11 is 0. The average molecular weight is 806 g/mol. The van der Waals surface area contributed by atoms with Crippen LogP contribution in [-0.4, -0.2) is 76.7 Å². The number of ether oxygens (including phenoxy) is 4. The predicted molar refractivity (Wildman–Crippen MR) is 211 cm³/mol. The highest BCUT2D eigenvalue weighted by Gasteiger charge is 2.44. The fourth-order valence-corrected chi connectivity index (χ4v) is 5.84. The molecule has 58 heavy (non-hydrogen) atoms. The van der Waals surface area contributed by atoms with E-state index in [9.17, 15) is 43.8 Å². The van der Waals surface area contributed by atoms with E-state index in [0.717, 1.165) is 12.8 Å². The van der Waals surface area contributed by atoms with Crippen molar-refractivity contribution in [3.05, 3.63) is 77.9 Å². The summed E-state index contributed by atoms with van der Waals surface area (Å²) < 4.78 is 22.0. The molecule has 0 bridgehead atoms. The van der Waals surface area contributed by atoms with Crippen molar-refractivity contribution in [3.8, 4) is 17.2 Å². The monoisotopic (exact) mass is 805 g/mol. The summed E-state index contributed by atoms with van der Waals surface area (Å²) in [6.07, 6.45) is 0.0639. The lowest BCUT2D eigenvalue weighted by molar-refractivity contribution is -0.175. The van der Waals surface area contributed by atoms with Crippen LogP contribution in [0.5, 0.6) is 17.2 Å². The molecular weight excluding hydrogens is 754 g/mol. The number of hydrogen-bond donors (Lipinski definition) is 5. The van der Waals surface area contributed by atoms with Gasteiger partial charge in [-0.25, -0.2) is 9.59 Å². The molecule has 0 radical (unpaired) electrons. The van der Waals surface area contributed by atoms with E-state index in [-0.39, 0.29) is 40.8 Å². The smallest absolute Gasteiger partial charge is 0.347 e. The highest BCUT2D eigenvalue weighted by atomic mass is 16.6. The van der Waals surface area contributed by atoms with Crippen LogP contribution >= 0.6 is 0 Å². The van der Waals surface area contributed by atoms with E-state index in [4.69, 9.17) is 18.9 Å². The van der Waals surface area contributed by atoms with Gasteiger partial charge in [0.1, 0.15) is 29.3 Å². The van der Waals surface area contributed by atoms with Gasteiger partial charge in [-0.3, -0.25) is 24.0 Å². The SMILES string of the molecule is CC(=O)Nc1ccc(OC(=O)c2ccccc2O)cc1.CCCCCC1C(=O)OC(C)C(NC(=O)c2cccc(NC=O)c2O)C(=O)OC(C)C1OC(=O)CC(C)C. The number of phenols is 2. The first-order chi connectivity index (χ1) is 27.6. The van der Waals surface area contributed by atoms with E-state index >= 15 is 0 Å². The van der Waals surface area contributed by atoms with Crippen molar-refractivity contribution in [2.24, 2.45) is 11.8 Å². The van der Waals surface area contributed by atoms with Gasteiger partial charge in [0.2, 0.25) is 12.3 Å². The molecule has 1 aliphatic rings. The van der Waals surface area contributed by atoms with Gasteiger partial charge in [0.15, 0.2) is 17.9 Å². The first-order valence-electron chi connectivity index (χ1n) is 18.9. The maximum Gasteiger partial charge on any atom is 0.347 e. The van der Waals surface area contributed by atoms with Crippen LogP contribution in [-0.2, 0) is 38.2 Å². The third-order valence-electron chi connectivity index (χ3n) is 8.74. The normalized spacial score (nSPS) is 19.0. The Kier molecular flexibility index (Phi) is 17.7. The van der Waals surface area contributed by atoms with Gasteiger partial charge in [-0.15, -0.1) is 0 Å². The average Bonchev–Trinajstić information content (AvgIpc) is 3.18. The first kappa shape index (κ1) is 45.9. The molecule has 16 nitrogen and oxygen atoms in total. The molecule has 5 unspecified atom stereocenters. The Labute approximate surface area is 336 Å². The summed E-state index contributed by atoms with van der Waals surface area (Å²) in [6.45, 7) is 10.1. The molecule has 1 aliphatic heterocycles. The van der Waals surface area contributed by atoms with Crippen molar-refractivity contribution in [2.45, 2.75) is 98.0 Å². The lowest BCUT2D eigenvalue weighted by Crippen LogP contribution is -2.50. The Balaban J connectivity index is 0.000000375. The zero-order valence-corrected chi connectivity index (χ0v) is 33.3. The van der Waals surface area contributed by atoms with Gasteiger partial charge in [0, 0.05) is 19.0 Å². The Morgan fingerprint density at radius 1 is 0.862 bits per heavy atom. The highest BCUT2D eigenvalue weighted by Crippen LogP contribution is 2.29. The number of unbranched alkanes of at least 4 members (excludes halogenated alkanes) is 2. The van der Waals surface area contributed by atoms with Crippen LogP contribution in [0.25, 0.3) is 0 Å². The van der Waals surface area contributed by atoms with Gasteiger partial charge in [-0.1, -0.05) is 58.2 Å². The third kappa shape index (κ3) is 13.6. The number of benzene rings is 3. The number of amides is 3. The van der Waals surface area contributed by atoms with Gasteiger partial charge in [0.25, 0.3) is 5.91 Å². The largest absolute Gasteiger partial charge is 0.507 e. The molecular formula is C42H51N3O13. The van der Waals surface area contributed by atoms with E-state index in [2.05, 4.69) is 16.0 Å². The summed E-state index contributed by atoms with van der Waals surface area (Å²) in [6, 6.07) is 15.2. The molecule has 16 heteroatoms. The number of aromatic hydroxyl groups is 2. The minimum atomic E-state index is -1.42. The summed E-state index contributed by atoms with van der Waals surface area (Å²) in [5.74, 6) is -4.90. The number of rotatable bonds is 14. The quantitative estimate of drug-likeness (QED) is 0.0331. The number of para-hydroxylation sites is 2. The van der Waals surface area contributed by atoms with Crippen LogP contribution in [0.2, 0.25) is 0 Å². The molecule has 0 saturated carbocycles. The number of nitrogens with one attached hydrogen (secondary N) is 3. The van der Waals surface area contributed by atoms with Crippen molar-refractivity contribution in [2.75, 3.05) is 10.6 Å². The van der Waals surface area contributed by atoms with Gasteiger partial charge >= 0.3 is 23.9 Å². The lowest BCUT2D eigenvalue weighted by Gasteiger charge is -2.29. The molecule has 1 saturated heterocycles. The van der Waals surface area contributed by atoms with Crippen LogP contribution in [0.4, 0.5) is 11.4 Å². The summed E-state index contributed by atoms with van der Waals surface area (Å²) in [5, 5.41) is 27.3. The third-order valence-corrected chi connectivity index (χ3v) is 8.74. The minimum absolute atomic E-state index is 0.00114. The topological polar surface area (TPSA) is 233 Å². The van der Waals surface area contributed by atoms with Gasteiger partial charge < -0.3 is 45.1 Å². The maximum absolute atomic E-state index is 13.3. The number of phenolic OH excluding ortho intramolecular Hbond substituents is 2. The lowest BCUT2D eigenvalue weighted by atomic mass is 9.92. The zero-order chi connectivity index (χ0) is 42.9. The molecule has 3 aromatic rings. The second-order valence-corrected chi connectivity index (χ2v) is 14.0. The molecule has 0 aliphatic carbocycles. The number of carbonyl (C=O) groups is 7.